The number of nitrogens with one attached hydrogen (secondary N) is 2. The molecule has 17 heavy (non-hydrogen) atoms. The number of fused-ring (bicyclic) bond motifs is 4. The number of rotatable bonds is 0. The van der Waals surface area contributed by atoms with Crippen LogP contribution < -0.4 is 10.1 Å². The number of aromatic nitrogens is 1. The van der Waals surface area contributed by atoms with E-state index in [9.17, 15) is 0 Å². The largest absolute Gasteiger partial charge is 0.478 e. The summed E-state index contributed by atoms with van der Waals surface area (Å²) >= 11 is 0. The molecule has 0 radical (unpaired) electrons. The Morgan fingerprint density at radius 2 is 1.94 bits per heavy atom. The van der Waals surface area contributed by atoms with Crippen LogP contribution in [0.4, 0.5) is 0 Å². The van der Waals surface area contributed by atoms with Gasteiger partial charge in [-0.15, -0.1) is 0 Å². The number of aromatic amines is 1. The highest BCUT2D eigenvalue weighted by molar-refractivity contribution is 6.07. The fraction of sp³-hybridized carbons (Fsp3) is 0.143. The van der Waals surface area contributed by atoms with Crippen LogP contribution in [0.25, 0.3) is 21.8 Å². The van der Waals surface area contributed by atoms with Gasteiger partial charge < -0.3 is 9.72 Å². The van der Waals surface area contributed by atoms with Gasteiger partial charge in [0.1, 0.15) is 12.5 Å². The van der Waals surface area contributed by atoms with Gasteiger partial charge in [-0.25, -0.2) is 0 Å². The van der Waals surface area contributed by atoms with Crippen LogP contribution in [0.15, 0.2) is 36.4 Å². The molecule has 0 saturated carbocycles. The highest BCUT2D eigenvalue weighted by Gasteiger charge is 2.13. The average molecular weight is 224 g/mol. The summed E-state index contributed by atoms with van der Waals surface area (Å²) in [5.74, 6) is 0.989. The van der Waals surface area contributed by atoms with E-state index in [0.29, 0.717) is 6.73 Å². The molecule has 3 nitrogen and oxygen atoms in total. The second-order valence-corrected chi connectivity index (χ2v) is 4.39. The first-order valence-electron chi connectivity index (χ1n) is 5.79. The molecule has 4 rings (SSSR count). The Morgan fingerprint density at radius 3 is 2.94 bits per heavy atom. The van der Waals surface area contributed by atoms with E-state index in [1.54, 1.807) is 0 Å². The molecule has 0 aliphatic carbocycles. The van der Waals surface area contributed by atoms with Crippen molar-refractivity contribution in [3.05, 3.63) is 42.0 Å². The van der Waals surface area contributed by atoms with Crippen LogP contribution in [0, 0.1) is 0 Å². The molecule has 2 aromatic carbocycles. The van der Waals surface area contributed by atoms with E-state index < -0.39 is 0 Å². The van der Waals surface area contributed by atoms with Gasteiger partial charge >= 0.3 is 0 Å². The second-order valence-electron chi connectivity index (χ2n) is 4.39. The van der Waals surface area contributed by atoms with Gasteiger partial charge in [0.25, 0.3) is 0 Å². The van der Waals surface area contributed by atoms with Gasteiger partial charge in [0, 0.05) is 34.5 Å². The lowest BCUT2D eigenvalue weighted by atomic mass is 10.1. The SMILES string of the molecule is c1ccc2c(c1)[nH]c1cc3c(cc12)CNCO3. The highest BCUT2D eigenvalue weighted by atomic mass is 16.5. The standard InChI is InChI=1S/C14H12N2O/c1-2-4-12-10(3-1)11-5-9-7-15-8-17-14(9)6-13(11)16-12/h1-6,15-16H,7-8H2. The summed E-state index contributed by atoms with van der Waals surface area (Å²) in [6.45, 7) is 1.48. The summed E-state index contributed by atoms with van der Waals surface area (Å²) in [5.41, 5.74) is 3.55. The Hall–Kier alpha value is -2.00. The molecule has 0 unspecified atom stereocenters. The third-order valence-electron chi connectivity index (χ3n) is 3.33. The van der Waals surface area contributed by atoms with Crippen molar-refractivity contribution < 1.29 is 4.74 Å². The molecule has 0 amide bonds. The monoisotopic (exact) mass is 224 g/mol. The molecule has 3 heteroatoms. The lowest BCUT2D eigenvalue weighted by molar-refractivity contribution is 0.257. The van der Waals surface area contributed by atoms with Crippen LogP contribution in [0.1, 0.15) is 5.56 Å². The minimum atomic E-state index is 0.596. The van der Waals surface area contributed by atoms with Crippen LogP contribution in [-0.4, -0.2) is 11.7 Å². The molecular weight excluding hydrogens is 212 g/mol. The maximum atomic E-state index is 5.60. The van der Waals surface area contributed by atoms with Gasteiger partial charge in [-0.05, 0) is 12.1 Å². The summed E-state index contributed by atoms with van der Waals surface area (Å²) in [6, 6.07) is 12.7. The predicted molar refractivity (Wildman–Crippen MR) is 68.1 cm³/mol. The third-order valence-corrected chi connectivity index (χ3v) is 3.33. The molecule has 0 bridgehead atoms. The van der Waals surface area contributed by atoms with Crippen molar-refractivity contribution in [2.24, 2.45) is 0 Å². The van der Waals surface area contributed by atoms with Gasteiger partial charge in [-0.1, -0.05) is 18.2 Å². The number of ether oxygens (including phenoxy) is 1. The van der Waals surface area contributed by atoms with Crippen molar-refractivity contribution in [1.29, 1.82) is 0 Å². The van der Waals surface area contributed by atoms with E-state index >= 15 is 0 Å². The van der Waals surface area contributed by atoms with Crippen LogP contribution in [0.2, 0.25) is 0 Å². The Bertz CT molecular complexity index is 715. The lowest BCUT2D eigenvalue weighted by Gasteiger charge is -2.18. The second kappa shape index (κ2) is 3.25. The van der Waals surface area contributed by atoms with E-state index in [4.69, 9.17) is 4.74 Å². The molecule has 0 atom stereocenters. The van der Waals surface area contributed by atoms with Crippen LogP contribution in [-0.2, 0) is 6.54 Å². The molecule has 2 heterocycles. The zero-order valence-electron chi connectivity index (χ0n) is 9.29. The summed E-state index contributed by atoms with van der Waals surface area (Å²) in [5, 5.41) is 5.76. The molecule has 3 aromatic rings. The molecule has 0 saturated heterocycles. The molecular formula is C14H12N2O. The third kappa shape index (κ3) is 1.26. The predicted octanol–water partition coefficient (Wildman–Crippen LogP) is 2.76. The molecule has 0 spiro atoms. The summed E-state index contributed by atoms with van der Waals surface area (Å²) in [4.78, 5) is 3.43. The van der Waals surface area contributed by atoms with Crippen molar-refractivity contribution in [3.8, 4) is 5.75 Å². The van der Waals surface area contributed by atoms with Crippen molar-refractivity contribution in [3.63, 3.8) is 0 Å². The smallest absolute Gasteiger partial charge is 0.139 e. The average Bonchev–Trinajstić information content (AvgIpc) is 2.73. The van der Waals surface area contributed by atoms with E-state index in [2.05, 4.69) is 46.7 Å². The normalized spacial score (nSPS) is 14.8. The van der Waals surface area contributed by atoms with Crippen LogP contribution in [0.3, 0.4) is 0 Å². The van der Waals surface area contributed by atoms with E-state index in [1.807, 2.05) is 0 Å². The number of para-hydroxylation sites is 1. The number of hydrogen-bond donors (Lipinski definition) is 2. The zero-order chi connectivity index (χ0) is 11.2. The number of H-pyrrole nitrogens is 1. The first-order valence-corrected chi connectivity index (χ1v) is 5.79. The molecule has 1 aliphatic rings. The van der Waals surface area contributed by atoms with Crippen molar-refractivity contribution in [2.45, 2.75) is 6.54 Å². The highest BCUT2D eigenvalue weighted by Crippen LogP contribution is 2.32. The number of benzene rings is 2. The maximum absolute atomic E-state index is 5.60. The molecule has 0 fully saturated rings. The van der Waals surface area contributed by atoms with Crippen molar-refractivity contribution in [2.75, 3.05) is 6.73 Å². The van der Waals surface area contributed by atoms with E-state index in [1.165, 1.54) is 21.9 Å². The van der Waals surface area contributed by atoms with Gasteiger partial charge in [0.2, 0.25) is 0 Å². The fourth-order valence-corrected chi connectivity index (χ4v) is 2.51. The van der Waals surface area contributed by atoms with Crippen molar-refractivity contribution in [1.82, 2.24) is 10.3 Å². The van der Waals surface area contributed by atoms with Gasteiger partial charge in [-0.2, -0.15) is 0 Å². The number of hydrogen-bond acceptors (Lipinski definition) is 2. The Morgan fingerprint density at radius 1 is 1.00 bits per heavy atom. The van der Waals surface area contributed by atoms with Gasteiger partial charge in [0.15, 0.2) is 0 Å². The van der Waals surface area contributed by atoms with Crippen LogP contribution >= 0.6 is 0 Å². The molecule has 2 N–H and O–H groups in total. The molecule has 1 aromatic heterocycles. The minimum absolute atomic E-state index is 0.596. The summed E-state index contributed by atoms with van der Waals surface area (Å²) < 4.78 is 5.60. The van der Waals surface area contributed by atoms with Gasteiger partial charge in [0.05, 0.1) is 5.52 Å². The Kier molecular flexibility index (Phi) is 1.73. The molecule has 1 aliphatic heterocycles. The molecule has 84 valence electrons. The minimum Gasteiger partial charge on any atom is -0.478 e. The first-order chi connectivity index (χ1) is 8.42. The van der Waals surface area contributed by atoms with Crippen molar-refractivity contribution >= 4 is 21.8 Å². The van der Waals surface area contributed by atoms with E-state index in [0.717, 1.165) is 17.8 Å². The Labute approximate surface area is 98.4 Å². The summed E-state index contributed by atoms with van der Waals surface area (Å²) in [6.07, 6.45) is 0. The topological polar surface area (TPSA) is 37.0 Å². The zero-order valence-corrected chi connectivity index (χ0v) is 9.29. The maximum Gasteiger partial charge on any atom is 0.139 e. The first kappa shape index (κ1) is 9.07. The Balaban J connectivity index is 2.12. The van der Waals surface area contributed by atoms with Gasteiger partial charge in [-0.3, -0.25) is 5.32 Å². The summed E-state index contributed by atoms with van der Waals surface area (Å²) in [7, 11) is 0. The van der Waals surface area contributed by atoms with Crippen LogP contribution in [0.5, 0.6) is 5.75 Å². The quantitative estimate of drug-likeness (QED) is 0.616. The lowest BCUT2D eigenvalue weighted by Crippen LogP contribution is -2.25. The van der Waals surface area contributed by atoms with E-state index in [-0.39, 0.29) is 0 Å². The fourth-order valence-electron chi connectivity index (χ4n) is 2.51.